The average molecular weight is 367 g/mol. The lowest BCUT2D eigenvalue weighted by Gasteiger charge is -2.30. The van der Waals surface area contributed by atoms with Gasteiger partial charge in [0.05, 0.1) is 21.3 Å². The SMILES string of the molecule is COc1cc(OC)c(S(=O)(=O)N2CCC(N)CC2)c(OC)c1.Cl. The Morgan fingerprint density at radius 1 is 1.04 bits per heavy atom. The van der Waals surface area contributed by atoms with Gasteiger partial charge in [0.25, 0.3) is 0 Å². The molecule has 132 valence electrons. The van der Waals surface area contributed by atoms with Crippen LogP contribution >= 0.6 is 12.4 Å². The fraction of sp³-hybridized carbons (Fsp3) is 0.571. The first kappa shape index (κ1) is 19.8. The summed E-state index contributed by atoms with van der Waals surface area (Å²) < 4.78 is 42.9. The van der Waals surface area contributed by atoms with Crippen LogP contribution < -0.4 is 19.9 Å². The van der Waals surface area contributed by atoms with E-state index in [1.54, 1.807) is 0 Å². The molecule has 1 fully saturated rings. The van der Waals surface area contributed by atoms with Crippen molar-refractivity contribution in [2.45, 2.75) is 23.8 Å². The van der Waals surface area contributed by atoms with Gasteiger partial charge in [-0.05, 0) is 12.8 Å². The second kappa shape index (κ2) is 8.05. The van der Waals surface area contributed by atoms with Crippen molar-refractivity contribution >= 4 is 22.4 Å². The number of nitrogens with two attached hydrogens (primary N) is 1. The number of halogens is 1. The molecule has 0 aromatic heterocycles. The van der Waals surface area contributed by atoms with Crippen LogP contribution in [0.15, 0.2) is 17.0 Å². The molecule has 0 spiro atoms. The summed E-state index contributed by atoms with van der Waals surface area (Å²) in [5.41, 5.74) is 5.84. The summed E-state index contributed by atoms with van der Waals surface area (Å²) in [5.74, 6) is 0.866. The minimum atomic E-state index is -3.72. The van der Waals surface area contributed by atoms with Crippen molar-refractivity contribution in [2.75, 3.05) is 34.4 Å². The number of nitrogens with zero attached hydrogens (tertiary/aromatic N) is 1. The topological polar surface area (TPSA) is 91.1 Å². The highest BCUT2D eigenvalue weighted by Crippen LogP contribution is 2.39. The molecule has 1 aliphatic heterocycles. The molecule has 9 heteroatoms. The van der Waals surface area contributed by atoms with Crippen molar-refractivity contribution in [3.05, 3.63) is 12.1 Å². The van der Waals surface area contributed by atoms with E-state index >= 15 is 0 Å². The van der Waals surface area contributed by atoms with Crippen molar-refractivity contribution < 1.29 is 22.6 Å². The second-order valence-corrected chi connectivity index (χ2v) is 6.98. The standard InChI is InChI=1S/C14H22N2O5S.ClH/c1-19-11-8-12(20-2)14(13(9-11)21-3)22(17,18)16-6-4-10(15)5-7-16;/h8-10H,4-7,15H2,1-3H3;1H. The first-order valence-corrected chi connectivity index (χ1v) is 8.43. The fourth-order valence-corrected chi connectivity index (χ4v) is 4.22. The Labute approximate surface area is 143 Å². The molecule has 1 saturated heterocycles. The van der Waals surface area contributed by atoms with Crippen molar-refractivity contribution in [2.24, 2.45) is 5.73 Å². The van der Waals surface area contributed by atoms with Crippen molar-refractivity contribution in [3.8, 4) is 17.2 Å². The maximum Gasteiger partial charge on any atom is 0.250 e. The first-order valence-electron chi connectivity index (χ1n) is 6.99. The van der Waals surface area contributed by atoms with Crippen molar-refractivity contribution in [3.63, 3.8) is 0 Å². The Bertz CT molecular complexity index is 605. The number of rotatable bonds is 5. The van der Waals surface area contributed by atoms with Crippen LogP contribution in [0.4, 0.5) is 0 Å². The molecular weight excluding hydrogens is 344 g/mol. The maximum absolute atomic E-state index is 12.9. The number of hydrogen-bond donors (Lipinski definition) is 1. The normalized spacial score (nSPS) is 16.5. The summed E-state index contributed by atoms with van der Waals surface area (Å²) in [6.45, 7) is 0.781. The third-order valence-corrected chi connectivity index (χ3v) is 5.73. The molecule has 0 radical (unpaired) electrons. The van der Waals surface area contributed by atoms with Gasteiger partial charge in [0.1, 0.15) is 17.2 Å². The number of ether oxygens (including phenoxy) is 3. The highest BCUT2D eigenvalue weighted by atomic mass is 35.5. The molecule has 1 aliphatic rings. The van der Waals surface area contributed by atoms with Crippen molar-refractivity contribution in [1.29, 1.82) is 0 Å². The Kier molecular flexibility index (Phi) is 6.94. The van der Waals surface area contributed by atoms with Gasteiger partial charge in [-0.2, -0.15) is 4.31 Å². The first-order chi connectivity index (χ1) is 10.4. The minimum absolute atomic E-state index is 0. The number of methoxy groups -OCH3 is 3. The molecule has 1 aromatic carbocycles. The van der Waals surface area contributed by atoms with Crippen LogP contribution in [0, 0.1) is 0 Å². The van der Waals surface area contributed by atoms with Gasteiger partial charge in [-0.15, -0.1) is 12.4 Å². The molecule has 1 heterocycles. The molecular formula is C14H23ClN2O5S. The van der Waals surface area contributed by atoms with E-state index in [-0.39, 0.29) is 34.8 Å². The van der Waals surface area contributed by atoms with Crippen LogP contribution in [0.3, 0.4) is 0 Å². The van der Waals surface area contributed by atoms with Crippen LogP contribution in [-0.4, -0.2) is 53.2 Å². The quantitative estimate of drug-likeness (QED) is 0.843. The number of hydrogen-bond acceptors (Lipinski definition) is 6. The monoisotopic (exact) mass is 366 g/mol. The van der Waals surface area contributed by atoms with E-state index in [1.807, 2.05) is 0 Å². The van der Waals surface area contributed by atoms with Gasteiger partial charge in [-0.25, -0.2) is 8.42 Å². The van der Waals surface area contributed by atoms with Crippen LogP contribution in [-0.2, 0) is 10.0 Å². The smallest absolute Gasteiger partial charge is 0.250 e. The van der Waals surface area contributed by atoms with E-state index in [0.29, 0.717) is 31.7 Å². The summed E-state index contributed by atoms with van der Waals surface area (Å²) in [6.07, 6.45) is 1.28. The summed E-state index contributed by atoms with van der Waals surface area (Å²) >= 11 is 0. The summed E-state index contributed by atoms with van der Waals surface area (Å²) in [5, 5.41) is 0. The molecule has 0 unspecified atom stereocenters. The second-order valence-electron chi connectivity index (χ2n) is 5.10. The lowest BCUT2D eigenvalue weighted by Crippen LogP contribution is -2.42. The predicted octanol–water partition coefficient (Wildman–Crippen LogP) is 1.25. The van der Waals surface area contributed by atoms with E-state index < -0.39 is 10.0 Å². The summed E-state index contributed by atoms with van der Waals surface area (Å²) in [7, 11) is 0.603. The van der Waals surface area contributed by atoms with Gasteiger partial charge >= 0.3 is 0 Å². The van der Waals surface area contributed by atoms with E-state index in [0.717, 1.165) is 0 Å². The maximum atomic E-state index is 12.9. The fourth-order valence-electron chi connectivity index (χ4n) is 2.47. The Balaban J connectivity index is 0.00000264. The number of piperidine rings is 1. The van der Waals surface area contributed by atoms with Crippen LogP contribution in [0.2, 0.25) is 0 Å². The van der Waals surface area contributed by atoms with Gasteiger partial charge in [-0.1, -0.05) is 0 Å². The third-order valence-electron chi connectivity index (χ3n) is 3.77. The zero-order chi connectivity index (χ0) is 16.3. The zero-order valence-corrected chi connectivity index (χ0v) is 15.1. The molecule has 0 amide bonds. The molecule has 23 heavy (non-hydrogen) atoms. The van der Waals surface area contributed by atoms with Crippen LogP contribution in [0.5, 0.6) is 17.2 Å². The highest BCUT2D eigenvalue weighted by Gasteiger charge is 2.34. The summed E-state index contributed by atoms with van der Waals surface area (Å²) in [6, 6.07) is 3.11. The molecule has 2 rings (SSSR count). The Hall–Kier alpha value is -1.22. The molecule has 1 aromatic rings. The lowest BCUT2D eigenvalue weighted by molar-refractivity contribution is 0.313. The molecule has 0 saturated carbocycles. The van der Waals surface area contributed by atoms with Gasteiger partial charge in [0.2, 0.25) is 10.0 Å². The average Bonchev–Trinajstić information content (AvgIpc) is 2.53. The summed E-state index contributed by atoms with van der Waals surface area (Å²) in [4.78, 5) is 0.0220. The zero-order valence-electron chi connectivity index (χ0n) is 13.4. The van der Waals surface area contributed by atoms with Crippen LogP contribution in [0.25, 0.3) is 0 Å². The third kappa shape index (κ3) is 4.00. The molecule has 7 nitrogen and oxygen atoms in total. The van der Waals surface area contributed by atoms with Gasteiger partial charge in [0.15, 0.2) is 4.90 Å². The number of sulfonamides is 1. The number of benzene rings is 1. The predicted molar refractivity (Wildman–Crippen MR) is 89.3 cm³/mol. The van der Waals surface area contributed by atoms with Gasteiger partial charge in [0, 0.05) is 31.3 Å². The van der Waals surface area contributed by atoms with E-state index in [2.05, 4.69) is 0 Å². The van der Waals surface area contributed by atoms with Gasteiger partial charge in [-0.3, -0.25) is 0 Å². The van der Waals surface area contributed by atoms with E-state index in [4.69, 9.17) is 19.9 Å². The minimum Gasteiger partial charge on any atom is -0.496 e. The van der Waals surface area contributed by atoms with Gasteiger partial charge < -0.3 is 19.9 Å². The molecule has 0 atom stereocenters. The van der Waals surface area contributed by atoms with Crippen molar-refractivity contribution in [1.82, 2.24) is 4.31 Å². The van der Waals surface area contributed by atoms with E-state index in [1.165, 1.54) is 37.8 Å². The largest absolute Gasteiger partial charge is 0.496 e. The Morgan fingerprint density at radius 3 is 1.91 bits per heavy atom. The van der Waals surface area contributed by atoms with E-state index in [9.17, 15) is 8.42 Å². The van der Waals surface area contributed by atoms with Crippen LogP contribution in [0.1, 0.15) is 12.8 Å². The molecule has 2 N–H and O–H groups in total. The molecule has 0 bridgehead atoms. The lowest BCUT2D eigenvalue weighted by atomic mass is 10.1. The highest BCUT2D eigenvalue weighted by molar-refractivity contribution is 7.89. The molecule has 0 aliphatic carbocycles. The Morgan fingerprint density at radius 2 is 1.52 bits per heavy atom.